The Balaban J connectivity index is 0.000000202. The van der Waals surface area contributed by atoms with E-state index in [1.807, 2.05) is 105 Å². The summed E-state index contributed by atoms with van der Waals surface area (Å²) in [7, 11) is -5.59. The van der Waals surface area contributed by atoms with Crippen LogP contribution in [0, 0.1) is 57.6 Å². The van der Waals surface area contributed by atoms with E-state index >= 15 is 0 Å². The van der Waals surface area contributed by atoms with Crippen LogP contribution in [0.3, 0.4) is 0 Å². The Hall–Kier alpha value is -11.4. The zero-order valence-corrected chi connectivity index (χ0v) is 78.3. The molecule has 12 aromatic heterocycles. The Morgan fingerprint density at radius 3 is 0.893 bits per heavy atom. The number of nitrogen functional groups attached to an aromatic ring is 6. The normalized spacial score (nSPS) is 11.2. The van der Waals surface area contributed by atoms with Gasteiger partial charge in [0.2, 0.25) is 5.88 Å². The average molecular weight is 1870 g/mol. The number of pyridine rings is 6. The van der Waals surface area contributed by atoms with Crippen LogP contribution < -0.4 is 44.3 Å². The third kappa shape index (κ3) is 28.9. The quantitative estimate of drug-likeness (QED) is 0.0199. The van der Waals surface area contributed by atoms with Crippen molar-refractivity contribution < 1.29 is 21.6 Å². The maximum Gasteiger partial charge on any atom is 0.255 e. The minimum Gasteiger partial charge on any atom is -0.481 e. The van der Waals surface area contributed by atoms with Gasteiger partial charge >= 0.3 is 0 Å². The fourth-order valence-corrected chi connectivity index (χ4v) is 14.6. The van der Waals surface area contributed by atoms with Crippen LogP contribution in [0.4, 0.5) is 34.9 Å². The maximum absolute atomic E-state index is 11.7. The third-order valence-electron chi connectivity index (χ3n) is 19.2. The molecule has 0 aliphatic heterocycles. The molecule has 12 rings (SSSR count). The second-order valence-corrected chi connectivity index (χ2v) is 36.4. The number of methoxy groups -OCH3 is 1. The number of rotatable bonds is 21. The first-order chi connectivity index (χ1) is 57.3. The number of terminal acetylenes is 1. The van der Waals surface area contributed by atoms with Crippen LogP contribution in [0.1, 0.15) is 259 Å². The number of halogens is 2. The van der Waals surface area contributed by atoms with Gasteiger partial charge in [-0.1, -0.05) is 89.0 Å². The summed E-state index contributed by atoms with van der Waals surface area (Å²) in [6.07, 6.45) is 31.6. The molecular weight excluding hydrogens is 1760 g/mol. The van der Waals surface area contributed by atoms with Crippen molar-refractivity contribution in [3.8, 4) is 18.2 Å². The Morgan fingerprint density at radius 2 is 0.607 bits per heavy atom. The first kappa shape index (κ1) is 97.7. The van der Waals surface area contributed by atoms with Crippen LogP contribution in [0.5, 0.6) is 5.88 Å². The standard InChI is InChI=1S/C16H18N4.C15H20N4O2S.C15H20N4O.C14H17BrN4.C14H17IN4.C14H19N5O2S/c1-5-14-7-12(15(9-19-14)10(2)3)6-13-8-18-11(4)20-16(13)17;1-9(2)13-8-18-14(22(4,20)21)6-11(13)5-12-7-17-10(3)19-15(12)16;1-9(2)13-8-18-14(20-4)6-11(13)5-12-7-17-10(3)19-15(12)16;2*1-8(2)12-7-18-13(15)5-10(12)4-11-6-17-9(3)19-14(11)16;1-8(2)12-7-18-13(22(16,20)21)5-10(12)4-11-6-17-9(3)19-14(11)15/h1,7-10H,6H2,2-4H3,(H2,17,18,20);6-9H,5H2,1-4H3,(H2,16,17,19);6-9H,5H2,1-4H3,(H2,16,17,19);2*5-8H,4H2,1-3H3,(H2,16,17,19);5-8H,4H2,1-3H3,(H2,15,17,19)(H2,16,20,21). The SMILES string of the molecule is C#Cc1cc(Cc2cnc(C)nc2N)c(C(C)C)cn1.COc1cc(Cc2cnc(C)nc2N)c(C(C)C)cn1.Cc1ncc(Cc2cc(Br)ncc2C(C)C)c(N)n1.Cc1ncc(Cc2cc(I)ncc2C(C)C)c(N)n1.Cc1ncc(Cc2cc(S(C)(=O)=O)ncc2C(C)C)c(N)n1.Cc1ncc(Cc2cc(S(N)(=O)=O)ncc2C(C)C)c(N)n1. The van der Waals surface area contributed by atoms with E-state index in [-0.39, 0.29) is 21.9 Å². The molecule has 0 radical (unpaired) electrons. The number of sulfone groups is 1. The van der Waals surface area contributed by atoms with E-state index in [2.05, 4.69) is 196 Å². The summed E-state index contributed by atoms with van der Waals surface area (Å²) < 4.78 is 53.5. The molecule has 0 unspecified atom stereocenters. The molecule has 0 aliphatic rings. The Bertz CT molecular complexity index is 5690. The average Bonchev–Trinajstić information content (AvgIpc) is 0.846. The first-order valence-electron chi connectivity index (χ1n) is 39.3. The number of hydrogen-bond acceptors (Lipinski definition) is 29. The van der Waals surface area contributed by atoms with Crippen LogP contribution in [0.2, 0.25) is 0 Å². The largest absolute Gasteiger partial charge is 0.481 e. The van der Waals surface area contributed by atoms with Gasteiger partial charge in [0.1, 0.15) is 83.9 Å². The lowest BCUT2D eigenvalue weighted by atomic mass is 9.94. The molecule has 14 N–H and O–H groups in total. The van der Waals surface area contributed by atoms with Gasteiger partial charge in [-0.2, -0.15) is 0 Å². The number of nitrogens with zero attached hydrogens (tertiary/aromatic N) is 18. The van der Waals surface area contributed by atoms with Gasteiger partial charge in [-0.25, -0.2) is 107 Å². The highest BCUT2D eigenvalue weighted by Gasteiger charge is 2.22. The van der Waals surface area contributed by atoms with E-state index in [1.165, 1.54) is 39.4 Å². The molecule has 0 aliphatic carbocycles. The predicted molar refractivity (Wildman–Crippen MR) is 493 cm³/mol. The molecule has 0 bridgehead atoms. The molecule has 0 spiro atoms. The lowest BCUT2D eigenvalue weighted by Gasteiger charge is -2.14. The van der Waals surface area contributed by atoms with Crippen LogP contribution in [0.15, 0.2) is 125 Å². The first-order valence-corrected chi connectivity index (χ1v) is 44.6. The number of hydrogen-bond donors (Lipinski definition) is 7. The van der Waals surface area contributed by atoms with Gasteiger partial charge in [0.05, 0.1) is 7.11 Å². The van der Waals surface area contributed by atoms with Crippen LogP contribution in [-0.2, 0) is 58.4 Å². The van der Waals surface area contributed by atoms with Crippen molar-refractivity contribution in [2.45, 2.75) is 209 Å². The van der Waals surface area contributed by atoms with Crippen LogP contribution in [-0.4, -0.2) is 120 Å². The van der Waals surface area contributed by atoms with E-state index in [9.17, 15) is 16.8 Å². The molecule has 0 aromatic carbocycles. The monoisotopic (exact) mass is 1870 g/mol. The van der Waals surface area contributed by atoms with E-state index in [1.54, 1.807) is 70.4 Å². The number of aryl methyl sites for hydroxylation is 6. The zero-order valence-electron chi connectivity index (χ0n) is 72.9. The highest BCUT2D eigenvalue weighted by Crippen LogP contribution is 2.32. The molecule has 0 atom stereocenters. The summed E-state index contributed by atoms with van der Waals surface area (Å²) in [6, 6.07) is 11.1. The van der Waals surface area contributed by atoms with E-state index in [0.29, 0.717) is 131 Å². The molecule has 0 saturated carbocycles. The van der Waals surface area contributed by atoms with Gasteiger partial charge < -0.3 is 39.1 Å². The summed E-state index contributed by atoms with van der Waals surface area (Å²) in [5.41, 5.74) is 54.7. The highest BCUT2D eigenvalue weighted by atomic mass is 127. The lowest BCUT2D eigenvalue weighted by molar-refractivity contribution is 0.397. The van der Waals surface area contributed by atoms with Crippen molar-refractivity contribution in [1.82, 2.24) is 89.7 Å². The molecule has 644 valence electrons. The maximum atomic E-state index is 11.7. The van der Waals surface area contributed by atoms with Crippen LogP contribution >= 0.6 is 38.5 Å². The molecule has 34 heteroatoms. The van der Waals surface area contributed by atoms with Gasteiger partial charge in [0, 0.05) is 159 Å². The van der Waals surface area contributed by atoms with Gasteiger partial charge in [-0.15, -0.1) is 6.42 Å². The Labute approximate surface area is 738 Å². The summed E-state index contributed by atoms with van der Waals surface area (Å²) >= 11 is 5.64. The zero-order chi connectivity index (χ0) is 90.4. The molecular formula is C88H111BrIN25O5S2. The molecule has 30 nitrogen and oxygen atoms in total. The van der Waals surface area contributed by atoms with Crippen molar-refractivity contribution in [1.29, 1.82) is 0 Å². The van der Waals surface area contributed by atoms with Gasteiger partial charge in [-0.05, 0) is 213 Å². The van der Waals surface area contributed by atoms with Gasteiger partial charge in [0.15, 0.2) is 19.9 Å². The van der Waals surface area contributed by atoms with Crippen molar-refractivity contribution in [2.24, 2.45) is 5.14 Å². The second-order valence-electron chi connectivity index (χ2n) is 31.0. The number of sulfonamides is 1. The number of anilines is 6. The van der Waals surface area contributed by atoms with Crippen molar-refractivity contribution in [3.05, 3.63) is 260 Å². The number of nitrogens with two attached hydrogens (primary N) is 7. The molecule has 12 aromatic rings. The van der Waals surface area contributed by atoms with Crippen molar-refractivity contribution in [3.63, 3.8) is 0 Å². The Morgan fingerprint density at radius 1 is 0.352 bits per heavy atom. The highest BCUT2D eigenvalue weighted by molar-refractivity contribution is 14.1. The van der Waals surface area contributed by atoms with Crippen LogP contribution in [0.25, 0.3) is 0 Å². The Kier molecular flexibility index (Phi) is 35.6. The van der Waals surface area contributed by atoms with Crippen molar-refractivity contribution in [2.75, 3.05) is 47.8 Å². The fourth-order valence-electron chi connectivity index (χ4n) is 12.6. The summed E-state index contributed by atoms with van der Waals surface area (Å²) in [5, 5.41) is 5.07. The molecule has 0 amide bonds. The smallest absolute Gasteiger partial charge is 0.255 e. The number of ether oxygens (including phenoxy) is 1. The summed E-state index contributed by atoms with van der Waals surface area (Å²) in [6.45, 7) is 36.1. The summed E-state index contributed by atoms with van der Waals surface area (Å²) in [4.78, 5) is 75.4. The van der Waals surface area contributed by atoms with E-state index < -0.39 is 19.9 Å². The van der Waals surface area contributed by atoms with E-state index in [0.717, 1.165) is 94.2 Å². The van der Waals surface area contributed by atoms with Gasteiger partial charge in [-0.3, -0.25) is 4.98 Å². The molecule has 122 heavy (non-hydrogen) atoms. The van der Waals surface area contributed by atoms with Crippen molar-refractivity contribution >= 4 is 93.3 Å². The fraction of sp³-hybridized carbons (Fsp3) is 0.364. The van der Waals surface area contributed by atoms with E-state index in [4.69, 9.17) is 50.7 Å². The van der Waals surface area contributed by atoms with Gasteiger partial charge in [0.25, 0.3) is 10.0 Å². The minimum absolute atomic E-state index is 0.0681. The number of aromatic nitrogens is 18. The lowest BCUT2D eigenvalue weighted by Crippen LogP contribution is -2.15. The molecule has 0 fully saturated rings. The minimum atomic E-state index is -3.85. The topological polar surface area (TPSA) is 492 Å². The third-order valence-corrected chi connectivity index (χ3v) is 22.0. The molecule has 12 heterocycles. The molecule has 0 saturated heterocycles. The second kappa shape index (κ2) is 44.4. The number of primary sulfonamides is 1. The predicted octanol–water partition coefficient (Wildman–Crippen LogP) is 14.3. The summed E-state index contributed by atoms with van der Waals surface area (Å²) in [5.74, 6) is 12.1.